The highest BCUT2D eigenvalue weighted by Crippen LogP contribution is 2.30. The van der Waals surface area contributed by atoms with Crippen molar-refractivity contribution in [2.75, 3.05) is 24.6 Å². The molecule has 1 saturated heterocycles. The van der Waals surface area contributed by atoms with E-state index in [1.54, 1.807) is 12.3 Å². The number of rotatable bonds is 1. The van der Waals surface area contributed by atoms with E-state index in [-0.39, 0.29) is 23.2 Å². The average molecular weight is 434 g/mol. The molecule has 4 rings (SSSR count). The molecule has 2 aliphatic rings. The molecule has 0 spiro atoms. The Balaban J connectivity index is 1.81. The molecule has 0 aromatic carbocycles. The number of aromatic nitrogens is 3. The lowest BCUT2D eigenvalue weighted by atomic mass is 10.1. The van der Waals surface area contributed by atoms with E-state index in [1.807, 2.05) is 4.90 Å². The highest BCUT2D eigenvalue weighted by molar-refractivity contribution is 6.00. The maximum atomic E-state index is 14.4. The molecule has 0 saturated carbocycles. The molecule has 1 atom stereocenters. The summed E-state index contributed by atoms with van der Waals surface area (Å²) in [5, 5.41) is 6.27. The van der Waals surface area contributed by atoms with Gasteiger partial charge in [-0.3, -0.25) is 4.79 Å². The Bertz CT molecular complexity index is 1090. The molecule has 1 fully saturated rings. The third-order valence-electron chi connectivity index (χ3n) is 5.11. The number of nitrogens with zero attached hydrogens (tertiary/aromatic N) is 5. The largest absolute Gasteiger partial charge is 0.471 e. The van der Waals surface area contributed by atoms with Gasteiger partial charge in [-0.15, -0.1) is 0 Å². The fourth-order valence-electron chi connectivity index (χ4n) is 3.62. The van der Waals surface area contributed by atoms with E-state index in [0.29, 0.717) is 24.4 Å². The molecular formula is C20H21F3N6O2. The van der Waals surface area contributed by atoms with Crippen molar-refractivity contribution in [1.29, 1.82) is 0 Å². The molecule has 1 N–H and O–H groups in total. The van der Waals surface area contributed by atoms with Crippen molar-refractivity contribution in [3.05, 3.63) is 48.2 Å². The number of carbonyl (C=O) groups excluding carboxylic acids is 1. The highest BCUT2D eigenvalue weighted by atomic mass is 19.3. The fourth-order valence-corrected chi connectivity index (χ4v) is 3.62. The number of amides is 1. The minimum Gasteiger partial charge on any atom is -0.471 e. The van der Waals surface area contributed by atoms with Crippen LogP contribution < -0.4 is 10.2 Å². The second kappa shape index (κ2) is 8.05. The van der Waals surface area contributed by atoms with Crippen molar-refractivity contribution in [1.82, 2.24) is 19.9 Å². The van der Waals surface area contributed by atoms with E-state index < -0.39 is 30.8 Å². The van der Waals surface area contributed by atoms with E-state index in [2.05, 4.69) is 27.0 Å². The first-order valence-electron chi connectivity index (χ1n) is 9.74. The fraction of sp³-hybridized carbons (Fsp3) is 0.400. The molecule has 2 aliphatic heterocycles. The second-order valence-electron chi connectivity index (χ2n) is 7.47. The SMILES string of the molecule is C=C1C(=N/C=C(\C)F)OCC(F)(F)CNC(=O)c2cnn3ccc(nc23)N2CCC[C@H]12. The van der Waals surface area contributed by atoms with Gasteiger partial charge in [0.25, 0.3) is 11.8 Å². The number of allylic oxidation sites excluding steroid dienone is 1. The van der Waals surface area contributed by atoms with Crippen LogP contribution in [0.15, 0.2) is 47.6 Å². The molecule has 8 nitrogen and oxygen atoms in total. The third kappa shape index (κ3) is 4.25. The summed E-state index contributed by atoms with van der Waals surface area (Å²) in [5.74, 6) is -4.32. The summed E-state index contributed by atoms with van der Waals surface area (Å²) < 4.78 is 48.7. The lowest BCUT2D eigenvalue weighted by molar-refractivity contribution is -0.0413. The normalized spacial score (nSPS) is 23.6. The Morgan fingerprint density at radius 1 is 1.48 bits per heavy atom. The van der Waals surface area contributed by atoms with Gasteiger partial charge in [0.05, 0.1) is 25.0 Å². The van der Waals surface area contributed by atoms with Crippen LogP contribution >= 0.6 is 0 Å². The molecule has 31 heavy (non-hydrogen) atoms. The van der Waals surface area contributed by atoms with Gasteiger partial charge in [0.1, 0.15) is 17.2 Å². The van der Waals surface area contributed by atoms with Crippen molar-refractivity contribution >= 4 is 23.3 Å². The van der Waals surface area contributed by atoms with E-state index >= 15 is 0 Å². The Labute approximate surface area is 176 Å². The average Bonchev–Trinajstić information content (AvgIpc) is 3.37. The zero-order valence-corrected chi connectivity index (χ0v) is 16.8. The van der Waals surface area contributed by atoms with Crippen LogP contribution in [-0.2, 0) is 4.74 Å². The molecule has 2 bridgehead atoms. The smallest absolute Gasteiger partial charge is 0.298 e. The number of alkyl halides is 2. The van der Waals surface area contributed by atoms with E-state index in [0.717, 1.165) is 12.6 Å². The molecule has 0 unspecified atom stereocenters. The van der Waals surface area contributed by atoms with Gasteiger partial charge < -0.3 is 15.0 Å². The molecule has 1 amide bonds. The van der Waals surface area contributed by atoms with Gasteiger partial charge in [0, 0.05) is 18.3 Å². The zero-order chi connectivity index (χ0) is 22.2. The van der Waals surface area contributed by atoms with Gasteiger partial charge in [-0.25, -0.2) is 27.7 Å². The minimum absolute atomic E-state index is 0.0935. The van der Waals surface area contributed by atoms with Gasteiger partial charge in [0.2, 0.25) is 5.90 Å². The summed E-state index contributed by atoms with van der Waals surface area (Å²) in [7, 11) is 0. The van der Waals surface area contributed by atoms with Crippen molar-refractivity contribution in [3.63, 3.8) is 0 Å². The number of nitrogens with one attached hydrogen (secondary N) is 1. The first-order valence-corrected chi connectivity index (χ1v) is 9.74. The van der Waals surface area contributed by atoms with E-state index in [1.165, 1.54) is 17.6 Å². The first-order chi connectivity index (χ1) is 14.7. The maximum Gasteiger partial charge on any atom is 0.298 e. The predicted molar refractivity (Wildman–Crippen MR) is 108 cm³/mol. The van der Waals surface area contributed by atoms with Crippen molar-refractivity contribution in [2.45, 2.75) is 31.7 Å². The highest BCUT2D eigenvalue weighted by Gasteiger charge is 2.35. The topological polar surface area (TPSA) is 84.1 Å². The molecule has 2 aromatic rings. The van der Waals surface area contributed by atoms with Crippen LogP contribution in [0.25, 0.3) is 5.65 Å². The van der Waals surface area contributed by atoms with Crippen molar-refractivity contribution in [2.24, 2.45) is 4.99 Å². The molecule has 2 aromatic heterocycles. The van der Waals surface area contributed by atoms with Gasteiger partial charge in [0.15, 0.2) is 12.3 Å². The second-order valence-corrected chi connectivity index (χ2v) is 7.47. The van der Waals surface area contributed by atoms with Crippen LogP contribution in [-0.4, -0.2) is 58.1 Å². The maximum absolute atomic E-state index is 14.4. The zero-order valence-electron chi connectivity index (χ0n) is 16.8. The monoisotopic (exact) mass is 434 g/mol. The minimum atomic E-state index is -3.40. The van der Waals surface area contributed by atoms with Crippen LogP contribution in [0.4, 0.5) is 19.0 Å². The van der Waals surface area contributed by atoms with Crippen LogP contribution in [0.3, 0.4) is 0 Å². The van der Waals surface area contributed by atoms with E-state index in [9.17, 15) is 18.0 Å². The number of fused-ring (bicyclic) bond motifs is 3. The summed E-state index contributed by atoms with van der Waals surface area (Å²) in [5.41, 5.74) is 0.700. The first kappa shape index (κ1) is 20.9. The van der Waals surface area contributed by atoms with Crippen LogP contribution in [0, 0.1) is 0 Å². The number of anilines is 1. The number of halogens is 3. The molecule has 0 radical (unpaired) electrons. The number of ether oxygens (including phenoxy) is 1. The number of carbonyl (C=O) groups is 1. The summed E-state index contributed by atoms with van der Waals surface area (Å²) >= 11 is 0. The van der Waals surface area contributed by atoms with Gasteiger partial charge in [-0.1, -0.05) is 6.58 Å². The quantitative estimate of drug-likeness (QED) is 0.746. The molecule has 0 aliphatic carbocycles. The Hall–Kier alpha value is -3.37. The Morgan fingerprint density at radius 3 is 3.06 bits per heavy atom. The van der Waals surface area contributed by atoms with E-state index in [4.69, 9.17) is 4.74 Å². The third-order valence-corrected chi connectivity index (χ3v) is 5.11. The van der Waals surface area contributed by atoms with Crippen molar-refractivity contribution < 1.29 is 22.7 Å². The summed E-state index contributed by atoms with van der Waals surface area (Å²) in [4.78, 5) is 22.9. The molecule has 164 valence electrons. The van der Waals surface area contributed by atoms with Gasteiger partial charge in [-0.2, -0.15) is 5.10 Å². The molecular weight excluding hydrogens is 413 g/mol. The summed E-state index contributed by atoms with van der Waals surface area (Å²) in [6, 6.07) is 1.41. The number of aliphatic imine (C=N–C) groups is 1. The summed E-state index contributed by atoms with van der Waals surface area (Å²) in [6.45, 7) is 3.80. The lowest BCUT2D eigenvalue weighted by Crippen LogP contribution is -2.41. The van der Waals surface area contributed by atoms with Crippen LogP contribution in [0.5, 0.6) is 0 Å². The Morgan fingerprint density at radius 2 is 2.29 bits per heavy atom. The lowest BCUT2D eigenvalue weighted by Gasteiger charge is -2.28. The molecule has 4 heterocycles. The Kier molecular flexibility index (Phi) is 5.42. The predicted octanol–water partition coefficient (Wildman–Crippen LogP) is 2.88. The number of hydrogen-bond donors (Lipinski definition) is 1. The van der Waals surface area contributed by atoms with Crippen molar-refractivity contribution in [3.8, 4) is 0 Å². The van der Waals surface area contributed by atoms with Crippen LogP contribution in [0.1, 0.15) is 30.1 Å². The summed E-state index contributed by atoms with van der Waals surface area (Å²) in [6.07, 6.45) is 5.29. The van der Waals surface area contributed by atoms with Gasteiger partial charge >= 0.3 is 0 Å². The van der Waals surface area contributed by atoms with Crippen LogP contribution in [0.2, 0.25) is 0 Å². The van der Waals surface area contributed by atoms with Gasteiger partial charge in [-0.05, 0) is 25.8 Å². The number of hydrogen-bond acceptors (Lipinski definition) is 6. The standard InChI is InChI=1S/C20H21F3N6O2/c1-12(21)8-24-19-13(2)15-4-3-6-28(15)16-5-7-29-17(27-16)14(9-26-29)18(30)25-10-20(22,23)11-31-19/h5,7-9,15H,2-4,6,10-11H2,1H3,(H,25,30)/b12-8+,24-19?/t15-/m1/s1. The molecule has 11 heteroatoms.